The number of carbonyl (C=O) groups is 1. The van der Waals surface area contributed by atoms with E-state index in [0.717, 1.165) is 43.7 Å². The molecule has 3 rings (SSSR count). The minimum Gasteiger partial charge on any atom is -0.349 e. The maximum atomic E-state index is 13.4. The number of carbonyl (C=O) groups excluding carboxylic acids is 1. The highest BCUT2D eigenvalue weighted by molar-refractivity contribution is 5.77. The van der Waals surface area contributed by atoms with E-state index in [9.17, 15) is 13.6 Å². The third-order valence-corrected chi connectivity index (χ3v) is 5.84. The molecule has 4 nitrogen and oxygen atoms in total. The molecule has 2 aromatic carbocycles. The van der Waals surface area contributed by atoms with Crippen LogP contribution in [0.15, 0.2) is 48.5 Å². The summed E-state index contributed by atoms with van der Waals surface area (Å²) in [4.78, 5) is 14.8. The van der Waals surface area contributed by atoms with E-state index < -0.39 is 0 Å². The van der Waals surface area contributed by atoms with Crippen LogP contribution in [0.25, 0.3) is 0 Å². The Morgan fingerprint density at radius 2 is 1.41 bits per heavy atom. The molecular formula is C23H31F2N3O+2. The summed E-state index contributed by atoms with van der Waals surface area (Å²) < 4.78 is 26.9. The minimum atomic E-state index is -0.261. The van der Waals surface area contributed by atoms with Gasteiger partial charge in [0.2, 0.25) is 0 Å². The third-order valence-electron chi connectivity index (χ3n) is 5.84. The lowest BCUT2D eigenvalue weighted by atomic mass is 9.96. The van der Waals surface area contributed by atoms with Crippen LogP contribution in [-0.2, 0) is 4.79 Å². The van der Waals surface area contributed by atoms with E-state index in [1.165, 1.54) is 34.1 Å². The number of nitrogens with one attached hydrogen (secondary N) is 3. The fraction of sp³-hybridized carbons (Fsp3) is 0.435. The van der Waals surface area contributed by atoms with Gasteiger partial charge in [-0.2, -0.15) is 0 Å². The van der Waals surface area contributed by atoms with E-state index in [1.807, 2.05) is 31.2 Å². The maximum absolute atomic E-state index is 13.4. The normalized spacial score (nSPS) is 20.4. The smallest absolute Gasteiger partial charge is 0.275 e. The highest BCUT2D eigenvalue weighted by Crippen LogP contribution is 2.20. The maximum Gasteiger partial charge on any atom is 0.275 e. The summed E-state index contributed by atoms with van der Waals surface area (Å²) in [5, 5.41) is 3.04. The highest BCUT2D eigenvalue weighted by Gasteiger charge is 2.32. The van der Waals surface area contributed by atoms with Crippen LogP contribution in [0.1, 0.15) is 37.4 Å². The van der Waals surface area contributed by atoms with Crippen molar-refractivity contribution in [1.82, 2.24) is 5.32 Å². The Morgan fingerprint density at radius 3 is 1.86 bits per heavy atom. The van der Waals surface area contributed by atoms with E-state index >= 15 is 0 Å². The van der Waals surface area contributed by atoms with Crippen LogP contribution < -0.4 is 15.1 Å². The van der Waals surface area contributed by atoms with Gasteiger partial charge in [0.05, 0.1) is 0 Å². The van der Waals surface area contributed by atoms with Gasteiger partial charge in [-0.05, 0) is 61.9 Å². The molecule has 0 bridgehead atoms. The minimum absolute atomic E-state index is 0.0201. The fourth-order valence-corrected chi connectivity index (χ4v) is 4.02. The predicted molar refractivity (Wildman–Crippen MR) is 109 cm³/mol. The van der Waals surface area contributed by atoms with E-state index in [4.69, 9.17) is 0 Å². The van der Waals surface area contributed by atoms with Crippen molar-refractivity contribution in [2.45, 2.75) is 32.4 Å². The Bertz CT molecular complexity index is 741. The summed E-state index contributed by atoms with van der Waals surface area (Å²) >= 11 is 0. The lowest BCUT2D eigenvalue weighted by Crippen LogP contribution is -3.28. The molecule has 6 heteroatoms. The molecule has 1 atom stereocenters. The monoisotopic (exact) mass is 403 g/mol. The number of halogens is 2. The number of piperazine rings is 1. The number of benzene rings is 2. The van der Waals surface area contributed by atoms with Crippen LogP contribution >= 0.6 is 0 Å². The number of hydrogen-bond donors (Lipinski definition) is 3. The number of rotatable bonds is 7. The summed E-state index contributed by atoms with van der Waals surface area (Å²) in [6, 6.07) is 13.4. The summed E-state index contributed by atoms with van der Waals surface area (Å²) in [5.74, 6) is -0.419. The van der Waals surface area contributed by atoms with Gasteiger partial charge in [0.25, 0.3) is 5.91 Å². The zero-order chi connectivity index (χ0) is 20.8. The molecule has 156 valence electrons. The Labute approximate surface area is 171 Å². The quantitative estimate of drug-likeness (QED) is 0.627. The summed E-state index contributed by atoms with van der Waals surface area (Å²) in [5.41, 5.74) is 2.04. The second-order valence-electron chi connectivity index (χ2n) is 8.00. The van der Waals surface area contributed by atoms with Crippen LogP contribution in [0.4, 0.5) is 8.78 Å². The standard InChI is InChI=1S/C23H29F2N3O/c1-3-17(2)26-22(29)16-27-12-14-28(15-13-27)23(18-4-8-20(24)9-5-18)19-6-10-21(25)11-7-19/h4-11,17,23H,3,12-16H2,1-2H3,(H,26,29)/p+2/t17-/m0/s1. The van der Waals surface area contributed by atoms with Gasteiger partial charge in [-0.25, -0.2) is 8.78 Å². The van der Waals surface area contributed by atoms with Gasteiger partial charge < -0.3 is 15.1 Å². The molecule has 1 amide bonds. The average molecular weight is 404 g/mol. The topological polar surface area (TPSA) is 38.0 Å². The summed E-state index contributed by atoms with van der Waals surface area (Å²) in [7, 11) is 0. The molecule has 0 spiro atoms. The van der Waals surface area contributed by atoms with E-state index in [2.05, 4.69) is 12.2 Å². The Morgan fingerprint density at radius 1 is 0.931 bits per heavy atom. The molecule has 29 heavy (non-hydrogen) atoms. The van der Waals surface area contributed by atoms with Crippen molar-refractivity contribution in [3.05, 3.63) is 71.3 Å². The van der Waals surface area contributed by atoms with E-state index in [-0.39, 0.29) is 29.6 Å². The Hall–Kier alpha value is -2.31. The first-order valence-electron chi connectivity index (χ1n) is 10.4. The Balaban J connectivity index is 1.69. The second kappa shape index (κ2) is 9.94. The SMILES string of the molecule is CC[C@H](C)NC(=O)C[NH+]1CC[NH+](C(c2ccc(F)cc2)c2ccc(F)cc2)CC1. The van der Waals surface area contributed by atoms with Crippen LogP contribution in [0.3, 0.4) is 0 Å². The molecule has 1 aliphatic heterocycles. The molecule has 0 unspecified atom stereocenters. The molecule has 0 saturated carbocycles. The Kier molecular flexibility index (Phi) is 7.34. The zero-order valence-corrected chi connectivity index (χ0v) is 17.2. The van der Waals surface area contributed by atoms with Crippen molar-refractivity contribution in [2.24, 2.45) is 0 Å². The second-order valence-corrected chi connectivity index (χ2v) is 8.00. The van der Waals surface area contributed by atoms with Gasteiger partial charge in [0, 0.05) is 17.2 Å². The number of amides is 1. The van der Waals surface area contributed by atoms with Crippen LogP contribution in [0, 0.1) is 11.6 Å². The highest BCUT2D eigenvalue weighted by atomic mass is 19.1. The molecular weight excluding hydrogens is 372 g/mol. The molecule has 0 aliphatic carbocycles. The lowest BCUT2D eigenvalue weighted by Gasteiger charge is -2.35. The summed E-state index contributed by atoms with van der Waals surface area (Å²) in [6.07, 6.45) is 0.927. The predicted octanol–water partition coefficient (Wildman–Crippen LogP) is 0.752. The molecule has 1 aliphatic rings. The van der Waals surface area contributed by atoms with Gasteiger partial charge >= 0.3 is 0 Å². The zero-order valence-electron chi connectivity index (χ0n) is 17.2. The van der Waals surface area contributed by atoms with Gasteiger partial charge in [-0.15, -0.1) is 0 Å². The van der Waals surface area contributed by atoms with Gasteiger partial charge in [0.15, 0.2) is 6.54 Å². The molecule has 1 heterocycles. The van der Waals surface area contributed by atoms with Gasteiger partial charge in [-0.1, -0.05) is 6.92 Å². The van der Waals surface area contributed by atoms with Gasteiger partial charge in [-0.3, -0.25) is 4.79 Å². The van der Waals surface area contributed by atoms with Crippen molar-refractivity contribution < 1.29 is 23.4 Å². The van der Waals surface area contributed by atoms with Crippen molar-refractivity contribution >= 4 is 5.91 Å². The van der Waals surface area contributed by atoms with E-state index in [0.29, 0.717) is 6.54 Å². The number of quaternary nitrogens is 2. The third kappa shape index (κ3) is 5.84. The molecule has 1 saturated heterocycles. The first-order chi connectivity index (χ1) is 14.0. The van der Waals surface area contributed by atoms with E-state index in [1.54, 1.807) is 0 Å². The molecule has 2 aromatic rings. The summed E-state index contributed by atoms with van der Waals surface area (Å²) in [6.45, 7) is 8.15. The largest absolute Gasteiger partial charge is 0.349 e. The van der Waals surface area contributed by atoms with Gasteiger partial charge in [0.1, 0.15) is 43.9 Å². The molecule has 0 radical (unpaired) electrons. The van der Waals surface area contributed by atoms with Crippen molar-refractivity contribution in [1.29, 1.82) is 0 Å². The first-order valence-corrected chi connectivity index (χ1v) is 10.4. The first kappa shape index (κ1) is 21.4. The lowest BCUT2D eigenvalue weighted by molar-refractivity contribution is -1.02. The fourth-order valence-electron chi connectivity index (χ4n) is 4.02. The molecule has 0 aromatic heterocycles. The van der Waals surface area contributed by atoms with Crippen LogP contribution in [-0.4, -0.2) is 44.7 Å². The average Bonchev–Trinajstić information content (AvgIpc) is 2.72. The van der Waals surface area contributed by atoms with Crippen molar-refractivity contribution in [3.63, 3.8) is 0 Å². The van der Waals surface area contributed by atoms with Crippen molar-refractivity contribution in [3.8, 4) is 0 Å². The van der Waals surface area contributed by atoms with Crippen LogP contribution in [0.2, 0.25) is 0 Å². The number of hydrogen-bond acceptors (Lipinski definition) is 1. The van der Waals surface area contributed by atoms with Crippen LogP contribution in [0.5, 0.6) is 0 Å². The molecule has 1 fully saturated rings. The molecule has 3 N–H and O–H groups in total. The van der Waals surface area contributed by atoms with Crippen molar-refractivity contribution in [2.75, 3.05) is 32.7 Å².